The first-order chi connectivity index (χ1) is 12.8. The zero-order valence-electron chi connectivity index (χ0n) is 14.5. The van der Waals surface area contributed by atoms with E-state index in [1.165, 1.54) is 24.3 Å². The topological polar surface area (TPSA) is 65.9 Å². The minimum absolute atomic E-state index is 0.132. The first-order valence-corrected chi connectivity index (χ1v) is 7.97. The van der Waals surface area contributed by atoms with Crippen molar-refractivity contribution in [2.45, 2.75) is 19.3 Å². The Morgan fingerprint density at radius 3 is 2.19 bits per heavy atom. The average Bonchev–Trinajstić information content (AvgIpc) is 2.63. The average molecular weight is 385 g/mol. The molecule has 2 rings (SSSR count). The molecule has 0 heterocycles. The third kappa shape index (κ3) is 7.04. The maximum atomic E-state index is 13.3. The number of guanidine groups is 1. The van der Waals surface area contributed by atoms with E-state index in [0.29, 0.717) is 24.6 Å². The number of rotatable bonds is 6. The highest BCUT2D eigenvalue weighted by Crippen LogP contribution is 2.19. The largest absolute Gasteiger partial charge is 0.505 e. The normalized spacial score (nSPS) is 12.0. The highest BCUT2D eigenvalue weighted by molar-refractivity contribution is 5.79. The van der Waals surface area contributed by atoms with Crippen molar-refractivity contribution >= 4 is 5.96 Å². The van der Waals surface area contributed by atoms with Crippen LogP contribution in [0.3, 0.4) is 0 Å². The molecule has 0 aromatic heterocycles. The van der Waals surface area contributed by atoms with Gasteiger partial charge in [0.2, 0.25) is 0 Å². The summed E-state index contributed by atoms with van der Waals surface area (Å²) in [6.07, 6.45) is -4.38. The van der Waals surface area contributed by atoms with E-state index in [4.69, 9.17) is 0 Å². The molecule has 2 aromatic rings. The number of alkyl halides is 3. The lowest BCUT2D eigenvalue weighted by atomic mass is 10.2. The molecule has 0 bridgehead atoms. The fourth-order valence-corrected chi connectivity index (χ4v) is 2.12. The van der Waals surface area contributed by atoms with Gasteiger partial charge in [0.15, 0.2) is 24.1 Å². The second-order valence-corrected chi connectivity index (χ2v) is 5.61. The van der Waals surface area contributed by atoms with E-state index in [1.807, 2.05) is 0 Å². The van der Waals surface area contributed by atoms with E-state index in [9.17, 15) is 22.7 Å². The fourth-order valence-electron chi connectivity index (χ4n) is 2.12. The Hall–Kier alpha value is -2.97. The first kappa shape index (κ1) is 20.3. The quantitative estimate of drug-likeness (QED) is 0.405. The van der Waals surface area contributed by atoms with E-state index in [0.717, 1.165) is 5.56 Å². The number of ether oxygens (including phenoxy) is 1. The second-order valence-electron chi connectivity index (χ2n) is 5.61. The number of benzene rings is 2. The van der Waals surface area contributed by atoms with Gasteiger partial charge >= 0.3 is 6.18 Å². The zero-order valence-corrected chi connectivity index (χ0v) is 14.5. The standard InChI is InChI=1S/C18H19F4N3O2/c1-23-17(25-10-13-4-7-16(26)15(19)8-13)24-9-12-2-5-14(6-3-12)27-11-18(20,21)22/h2-8,26H,9-11H2,1H3,(H2,23,24,25). The zero-order chi connectivity index (χ0) is 19.9. The fraction of sp³-hybridized carbons (Fsp3) is 0.278. The third-order valence-corrected chi connectivity index (χ3v) is 3.48. The summed E-state index contributed by atoms with van der Waals surface area (Å²) in [5, 5.41) is 15.2. The van der Waals surface area contributed by atoms with Crippen LogP contribution in [0.25, 0.3) is 0 Å². The van der Waals surface area contributed by atoms with E-state index < -0.39 is 24.3 Å². The van der Waals surface area contributed by atoms with Crippen molar-refractivity contribution in [2.24, 2.45) is 4.99 Å². The number of nitrogens with zero attached hydrogens (tertiary/aromatic N) is 1. The number of aromatic hydroxyl groups is 1. The van der Waals surface area contributed by atoms with Crippen LogP contribution in [0.4, 0.5) is 17.6 Å². The number of hydrogen-bond acceptors (Lipinski definition) is 3. The SMILES string of the molecule is CN=C(NCc1ccc(OCC(F)(F)F)cc1)NCc1ccc(O)c(F)c1. The monoisotopic (exact) mass is 385 g/mol. The lowest BCUT2D eigenvalue weighted by Crippen LogP contribution is -2.36. The van der Waals surface area contributed by atoms with Crippen molar-refractivity contribution in [3.63, 3.8) is 0 Å². The molecule has 3 N–H and O–H groups in total. The van der Waals surface area contributed by atoms with Crippen LogP contribution in [0.5, 0.6) is 11.5 Å². The van der Waals surface area contributed by atoms with Gasteiger partial charge in [-0.05, 0) is 35.4 Å². The maximum Gasteiger partial charge on any atom is 0.422 e. The summed E-state index contributed by atoms with van der Waals surface area (Å²) in [7, 11) is 1.57. The summed E-state index contributed by atoms with van der Waals surface area (Å²) in [5.41, 5.74) is 1.44. The molecule has 0 saturated carbocycles. The molecule has 0 aliphatic rings. The molecule has 0 fully saturated rings. The van der Waals surface area contributed by atoms with Crippen LogP contribution in [0.1, 0.15) is 11.1 Å². The lowest BCUT2D eigenvalue weighted by Gasteiger charge is -2.13. The van der Waals surface area contributed by atoms with E-state index in [1.54, 1.807) is 25.2 Å². The van der Waals surface area contributed by atoms with Crippen molar-refractivity contribution in [3.8, 4) is 11.5 Å². The molecule has 0 unspecified atom stereocenters. The molecule has 0 radical (unpaired) electrons. The van der Waals surface area contributed by atoms with Gasteiger partial charge in [-0.25, -0.2) is 4.39 Å². The summed E-state index contributed by atoms with van der Waals surface area (Å²) in [6, 6.07) is 10.3. The van der Waals surface area contributed by atoms with Crippen LogP contribution >= 0.6 is 0 Å². The predicted octanol–water partition coefficient (Wildman–Crippen LogP) is 3.34. The van der Waals surface area contributed by atoms with Gasteiger partial charge in [-0.3, -0.25) is 4.99 Å². The lowest BCUT2D eigenvalue weighted by molar-refractivity contribution is -0.153. The molecule has 146 valence electrons. The first-order valence-electron chi connectivity index (χ1n) is 7.97. The molecule has 0 aliphatic carbocycles. The molecule has 0 saturated heterocycles. The second kappa shape index (κ2) is 9.11. The van der Waals surface area contributed by atoms with E-state index in [-0.39, 0.29) is 5.75 Å². The van der Waals surface area contributed by atoms with Crippen LogP contribution in [0.15, 0.2) is 47.5 Å². The van der Waals surface area contributed by atoms with Crippen molar-refractivity contribution in [1.82, 2.24) is 10.6 Å². The Morgan fingerprint density at radius 1 is 1.04 bits per heavy atom. The number of aliphatic imine (C=N–C) groups is 1. The molecule has 0 atom stereocenters. The number of nitrogens with one attached hydrogen (secondary N) is 2. The molecule has 27 heavy (non-hydrogen) atoms. The number of hydrogen-bond donors (Lipinski definition) is 3. The smallest absolute Gasteiger partial charge is 0.422 e. The minimum Gasteiger partial charge on any atom is -0.505 e. The van der Waals surface area contributed by atoms with Crippen molar-refractivity contribution < 1.29 is 27.4 Å². The van der Waals surface area contributed by atoms with Crippen molar-refractivity contribution in [1.29, 1.82) is 0 Å². The van der Waals surface area contributed by atoms with Crippen molar-refractivity contribution in [2.75, 3.05) is 13.7 Å². The molecule has 2 aromatic carbocycles. The van der Waals surface area contributed by atoms with Gasteiger partial charge in [0.05, 0.1) is 0 Å². The highest BCUT2D eigenvalue weighted by Gasteiger charge is 2.28. The highest BCUT2D eigenvalue weighted by atomic mass is 19.4. The molecule has 5 nitrogen and oxygen atoms in total. The Bertz CT molecular complexity index is 777. The van der Waals surface area contributed by atoms with Gasteiger partial charge in [-0.2, -0.15) is 13.2 Å². The summed E-state index contributed by atoms with van der Waals surface area (Å²) >= 11 is 0. The Balaban J connectivity index is 1.82. The molecule has 0 spiro atoms. The van der Waals surface area contributed by atoms with E-state index >= 15 is 0 Å². The van der Waals surface area contributed by atoms with Crippen molar-refractivity contribution in [3.05, 3.63) is 59.4 Å². The number of phenols is 1. The Morgan fingerprint density at radius 2 is 1.63 bits per heavy atom. The predicted molar refractivity (Wildman–Crippen MR) is 93.1 cm³/mol. The van der Waals surface area contributed by atoms with Gasteiger partial charge in [-0.1, -0.05) is 18.2 Å². The van der Waals surface area contributed by atoms with Crippen LogP contribution in [-0.4, -0.2) is 30.9 Å². The molecular formula is C18H19F4N3O2. The molecular weight excluding hydrogens is 366 g/mol. The number of halogens is 4. The van der Waals surface area contributed by atoms with Gasteiger partial charge in [-0.15, -0.1) is 0 Å². The number of phenolic OH excluding ortho intramolecular Hbond substituents is 1. The molecule has 0 amide bonds. The Kier molecular flexibility index (Phi) is 6.86. The summed E-state index contributed by atoms with van der Waals surface area (Å²) in [5.74, 6) is -0.525. The molecule has 9 heteroatoms. The van der Waals surface area contributed by atoms with Gasteiger partial charge in [0.1, 0.15) is 5.75 Å². The summed E-state index contributed by atoms with van der Waals surface area (Å²) < 4.78 is 54.3. The van der Waals surface area contributed by atoms with Crippen LogP contribution < -0.4 is 15.4 Å². The maximum absolute atomic E-state index is 13.3. The van der Waals surface area contributed by atoms with Crippen LogP contribution in [0.2, 0.25) is 0 Å². The van der Waals surface area contributed by atoms with E-state index in [2.05, 4.69) is 20.4 Å². The Labute approximate surface area is 153 Å². The van der Waals surface area contributed by atoms with Crippen LogP contribution in [0, 0.1) is 5.82 Å². The summed E-state index contributed by atoms with van der Waals surface area (Å²) in [4.78, 5) is 4.03. The van der Waals surface area contributed by atoms with Gasteiger partial charge in [0, 0.05) is 20.1 Å². The van der Waals surface area contributed by atoms with Gasteiger partial charge in [0.25, 0.3) is 0 Å². The third-order valence-electron chi connectivity index (χ3n) is 3.48. The molecule has 0 aliphatic heterocycles. The summed E-state index contributed by atoms with van der Waals surface area (Å²) in [6.45, 7) is -0.663. The van der Waals surface area contributed by atoms with Crippen LogP contribution in [-0.2, 0) is 13.1 Å². The van der Waals surface area contributed by atoms with Gasteiger partial charge < -0.3 is 20.5 Å². The minimum atomic E-state index is -4.38.